The van der Waals surface area contributed by atoms with Crippen LogP contribution in [0, 0.1) is 5.41 Å². The number of nitrogens with one attached hydrogen (secondary N) is 1. The third-order valence-corrected chi connectivity index (χ3v) is 5.21. The van der Waals surface area contributed by atoms with Crippen molar-refractivity contribution in [3.05, 3.63) is 52.6 Å². The summed E-state index contributed by atoms with van der Waals surface area (Å²) in [6.07, 6.45) is 7.66. The molecule has 0 saturated heterocycles. The van der Waals surface area contributed by atoms with E-state index in [1.807, 2.05) is 45.0 Å². The van der Waals surface area contributed by atoms with E-state index in [4.69, 9.17) is 4.74 Å². The molecule has 1 aromatic rings. The summed E-state index contributed by atoms with van der Waals surface area (Å²) in [7, 11) is 0. The van der Waals surface area contributed by atoms with Gasteiger partial charge in [0.05, 0.1) is 0 Å². The maximum absolute atomic E-state index is 12.5. The molecule has 29 heavy (non-hydrogen) atoms. The molecule has 0 atom stereocenters. The van der Waals surface area contributed by atoms with Crippen molar-refractivity contribution in [3.63, 3.8) is 0 Å². The van der Waals surface area contributed by atoms with Gasteiger partial charge in [0.1, 0.15) is 5.60 Å². The van der Waals surface area contributed by atoms with Crippen molar-refractivity contribution in [1.82, 2.24) is 5.32 Å². The van der Waals surface area contributed by atoms with Crippen LogP contribution >= 0.6 is 0 Å². The molecule has 0 bridgehead atoms. The second-order valence-corrected chi connectivity index (χ2v) is 9.49. The second-order valence-electron chi connectivity index (χ2n) is 9.49. The van der Waals surface area contributed by atoms with Gasteiger partial charge in [-0.25, -0.2) is 4.79 Å². The van der Waals surface area contributed by atoms with Crippen LogP contribution in [0.3, 0.4) is 0 Å². The summed E-state index contributed by atoms with van der Waals surface area (Å²) < 4.78 is 5.18. The van der Waals surface area contributed by atoms with Crippen LogP contribution in [0.25, 0.3) is 6.08 Å². The van der Waals surface area contributed by atoms with E-state index in [2.05, 4.69) is 38.2 Å². The van der Waals surface area contributed by atoms with Crippen molar-refractivity contribution >= 4 is 18.0 Å². The highest BCUT2D eigenvalue weighted by Crippen LogP contribution is 2.40. The molecule has 158 valence electrons. The molecule has 2 rings (SSSR count). The van der Waals surface area contributed by atoms with Crippen LogP contribution in [0.15, 0.2) is 41.5 Å². The lowest BCUT2D eigenvalue weighted by Gasteiger charge is -2.32. The standard InChI is InChI=1S/C25H35NO3/c1-18-9-8-15-25(5,6)21(18)13-12-19-10-7-11-20(17-19)22(27)14-16-26-23(28)29-24(2,3)4/h7,10-13,17H,8-9,14-16H2,1-6H3,(H,26,28)/b13-12+. The van der Waals surface area contributed by atoms with E-state index in [1.54, 1.807) is 0 Å². The number of allylic oxidation sites excluding steroid dienone is 3. The SMILES string of the molecule is CC1=C(/C=C/c2cccc(C(=O)CCNC(=O)OC(C)(C)C)c2)C(C)(C)CCC1. The Labute approximate surface area is 175 Å². The zero-order valence-corrected chi connectivity index (χ0v) is 18.7. The average molecular weight is 398 g/mol. The highest BCUT2D eigenvalue weighted by atomic mass is 16.6. The topological polar surface area (TPSA) is 55.4 Å². The molecule has 1 aliphatic carbocycles. The van der Waals surface area contributed by atoms with Gasteiger partial charge in [0.15, 0.2) is 5.78 Å². The fourth-order valence-electron chi connectivity index (χ4n) is 3.74. The first-order valence-corrected chi connectivity index (χ1v) is 10.5. The lowest BCUT2D eigenvalue weighted by atomic mass is 9.72. The largest absolute Gasteiger partial charge is 0.444 e. The highest BCUT2D eigenvalue weighted by molar-refractivity contribution is 5.96. The minimum absolute atomic E-state index is 0.00435. The number of carbonyl (C=O) groups excluding carboxylic acids is 2. The van der Waals surface area contributed by atoms with E-state index < -0.39 is 11.7 Å². The number of hydrogen-bond donors (Lipinski definition) is 1. The van der Waals surface area contributed by atoms with Crippen molar-refractivity contribution in [3.8, 4) is 0 Å². The van der Waals surface area contributed by atoms with E-state index in [1.165, 1.54) is 24.0 Å². The van der Waals surface area contributed by atoms with Gasteiger partial charge < -0.3 is 10.1 Å². The number of benzene rings is 1. The predicted molar refractivity (Wildman–Crippen MR) is 119 cm³/mol. The summed E-state index contributed by atoms with van der Waals surface area (Å²) in [5, 5.41) is 2.63. The van der Waals surface area contributed by atoms with Crippen molar-refractivity contribution in [2.24, 2.45) is 5.41 Å². The van der Waals surface area contributed by atoms with Crippen molar-refractivity contribution in [2.45, 2.75) is 72.8 Å². The molecule has 0 spiro atoms. The molecule has 1 aliphatic rings. The molecule has 0 saturated carbocycles. The predicted octanol–water partition coefficient (Wildman–Crippen LogP) is 6.32. The lowest BCUT2D eigenvalue weighted by Crippen LogP contribution is -2.33. The van der Waals surface area contributed by atoms with Gasteiger partial charge in [-0.05, 0) is 69.6 Å². The first kappa shape index (κ1) is 22.9. The fraction of sp³-hybridized carbons (Fsp3) is 0.520. The third kappa shape index (κ3) is 7.19. The van der Waals surface area contributed by atoms with Crippen LogP contribution in [0.5, 0.6) is 0 Å². The van der Waals surface area contributed by atoms with Gasteiger partial charge in [0.25, 0.3) is 0 Å². The van der Waals surface area contributed by atoms with Crippen LogP contribution in [0.2, 0.25) is 0 Å². The van der Waals surface area contributed by atoms with Crippen LogP contribution in [0.1, 0.15) is 83.1 Å². The van der Waals surface area contributed by atoms with Crippen LogP contribution < -0.4 is 5.32 Å². The third-order valence-electron chi connectivity index (χ3n) is 5.21. The van der Waals surface area contributed by atoms with E-state index >= 15 is 0 Å². The van der Waals surface area contributed by atoms with Crippen LogP contribution in [-0.2, 0) is 4.74 Å². The zero-order valence-electron chi connectivity index (χ0n) is 18.7. The van der Waals surface area contributed by atoms with Crippen molar-refractivity contribution in [2.75, 3.05) is 6.54 Å². The number of amides is 1. The van der Waals surface area contributed by atoms with Crippen molar-refractivity contribution < 1.29 is 14.3 Å². The number of Topliss-reactive ketones (excluding diaryl/α,β-unsaturated/α-hetero) is 1. The molecule has 0 aromatic heterocycles. The van der Waals surface area contributed by atoms with E-state index in [-0.39, 0.29) is 24.2 Å². The number of ketones is 1. The molecule has 1 aromatic carbocycles. The van der Waals surface area contributed by atoms with Gasteiger partial charge >= 0.3 is 6.09 Å². The molecule has 1 amide bonds. The molecule has 0 aliphatic heterocycles. The van der Waals surface area contributed by atoms with Crippen molar-refractivity contribution in [1.29, 1.82) is 0 Å². The molecule has 1 N–H and O–H groups in total. The minimum Gasteiger partial charge on any atom is -0.444 e. The first-order chi connectivity index (χ1) is 13.5. The maximum Gasteiger partial charge on any atom is 0.407 e. The Morgan fingerprint density at radius 2 is 1.93 bits per heavy atom. The Hall–Kier alpha value is -2.36. The van der Waals surface area contributed by atoms with E-state index in [0.29, 0.717) is 5.56 Å². The highest BCUT2D eigenvalue weighted by Gasteiger charge is 2.26. The molecule has 4 nitrogen and oxygen atoms in total. The Morgan fingerprint density at radius 3 is 2.59 bits per heavy atom. The lowest BCUT2D eigenvalue weighted by molar-refractivity contribution is 0.0527. The van der Waals surface area contributed by atoms with E-state index in [9.17, 15) is 9.59 Å². The first-order valence-electron chi connectivity index (χ1n) is 10.5. The zero-order chi connectivity index (χ0) is 21.7. The number of alkyl carbamates (subject to hydrolysis) is 1. The monoisotopic (exact) mass is 397 g/mol. The second kappa shape index (κ2) is 9.43. The Bertz CT molecular complexity index is 810. The molecular formula is C25H35NO3. The molecule has 0 unspecified atom stereocenters. The fourth-order valence-corrected chi connectivity index (χ4v) is 3.74. The summed E-state index contributed by atoms with van der Waals surface area (Å²) in [5.41, 5.74) is 4.18. The summed E-state index contributed by atoms with van der Waals surface area (Å²) >= 11 is 0. The van der Waals surface area contributed by atoms with Gasteiger partial charge in [-0.3, -0.25) is 4.79 Å². The van der Waals surface area contributed by atoms with Crippen LogP contribution in [0.4, 0.5) is 4.79 Å². The maximum atomic E-state index is 12.5. The Kier molecular flexibility index (Phi) is 7.45. The van der Waals surface area contributed by atoms with Gasteiger partial charge in [0.2, 0.25) is 0 Å². The van der Waals surface area contributed by atoms with Gasteiger partial charge in [0, 0.05) is 18.5 Å². The quantitative estimate of drug-likeness (QED) is 0.571. The molecular weight excluding hydrogens is 362 g/mol. The van der Waals surface area contributed by atoms with Gasteiger partial charge in [-0.1, -0.05) is 49.8 Å². The molecule has 0 heterocycles. The summed E-state index contributed by atoms with van der Waals surface area (Å²) in [6, 6.07) is 7.65. The number of ether oxygens (including phenoxy) is 1. The minimum atomic E-state index is -0.546. The number of rotatable bonds is 6. The summed E-state index contributed by atoms with van der Waals surface area (Å²) in [6.45, 7) is 12.5. The van der Waals surface area contributed by atoms with Gasteiger partial charge in [-0.2, -0.15) is 0 Å². The normalized spacial score (nSPS) is 16.8. The van der Waals surface area contributed by atoms with E-state index in [0.717, 1.165) is 12.0 Å². The molecule has 0 fully saturated rings. The van der Waals surface area contributed by atoms with Gasteiger partial charge in [-0.15, -0.1) is 0 Å². The number of carbonyl (C=O) groups is 2. The Morgan fingerprint density at radius 1 is 1.21 bits per heavy atom. The smallest absolute Gasteiger partial charge is 0.407 e. The number of hydrogen-bond acceptors (Lipinski definition) is 3. The summed E-state index contributed by atoms with van der Waals surface area (Å²) in [4.78, 5) is 24.2. The molecule has 4 heteroatoms. The summed E-state index contributed by atoms with van der Waals surface area (Å²) in [5.74, 6) is 0.00435. The molecule has 0 radical (unpaired) electrons. The van der Waals surface area contributed by atoms with Crippen LogP contribution in [-0.4, -0.2) is 24.0 Å². The average Bonchev–Trinajstić information content (AvgIpc) is 2.59. The Balaban J connectivity index is 1.98.